The summed E-state index contributed by atoms with van der Waals surface area (Å²) in [6.45, 7) is 7.54. The minimum absolute atomic E-state index is 0.120. The molecule has 5 rings (SSSR count). The van der Waals surface area contributed by atoms with E-state index in [-0.39, 0.29) is 5.91 Å². The predicted octanol–water partition coefficient (Wildman–Crippen LogP) is 6.04. The van der Waals surface area contributed by atoms with Gasteiger partial charge in [-0.3, -0.25) is 9.78 Å². The van der Waals surface area contributed by atoms with Gasteiger partial charge in [0.2, 0.25) is 11.6 Å². The van der Waals surface area contributed by atoms with Crippen LogP contribution in [0.4, 0.5) is 17.1 Å². The molecule has 0 spiro atoms. The van der Waals surface area contributed by atoms with Gasteiger partial charge in [-0.15, -0.1) is 0 Å². The maximum Gasteiger partial charge on any atom is 0.342 e. The van der Waals surface area contributed by atoms with Crippen LogP contribution in [0, 0.1) is 0 Å². The number of pyridine rings is 1. The van der Waals surface area contributed by atoms with Crippen LogP contribution in [0.1, 0.15) is 42.3 Å². The van der Waals surface area contributed by atoms with Gasteiger partial charge in [0.1, 0.15) is 0 Å². The molecule has 1 aliphatic rings. The maximum absolute atomic E-state index is 13.0. The Hall–Kier alpha value is -4.65. The normalized spacial score (nSPS) is 15.9. The molecule has 38 heavy (non-hydrogen) atoms. The molecule has 192 valence electrons. The number of cyclic esters (lactones) is 1. The van der Waals surface area contributed by atoms with Gasteiger partial charge in [-0.2, -0.15) is 0 Å². The molecular formula is C31H30N4O3. The van der Waals surface area contributed by atoms with Gasteiger partial charge in [0.15, 0.2) is 0 Å². The zero-order chi connectivity index (χ0) is 26.7. The molecule has 0 saturated carbocycles. The second kappa shape index (κ2) is 10.4. The summed E-state index contributed by atoms with van der Waals surface area (Å²) in [5.74, 6) is -0.546. The standard InChI is InChI=1S/C31H30N4O3/c1-4-35(5-2)25-16-12-23(13-17-25)31(28-18-19-32-20-27(28)30(37)38-31)34-29-9-7-6-8-26(29)22-10-14-24(15-11-22)33-21(3)36/h6-20,34H,4-5H2,1-3H3,(H,33,36). The van der Waals surface area contributed by atoms with Crippen molar-refractivity contribution >= 4 is 28.9 Å². The van der Waals surface area contributed by atoms with Gasteiger partial charge in [-0.25, -0.2) is 4.79 Å². The zero-order valence-electron chi connectivity index (χ0n) is 21.7. The average Bonchev–Trinajstić information content (AvgIpc) is 3.22. The third-order valence-electron chi connectivity index (χ3n) is 6.82. The van der Waals surface area contributed by atoms with Crippen LogP contribution in [0.2, 0.25) is 0 Å². The number of nitrogens with zero attached hydrogens (tertiary/aromatic N) is 2. The van der Waals surface area contributed by atoms with E-state index in [0.717, 1.165) is 46.8 Å². The van der Waals surface area contributed by atoms with Crippen molar-refractivity contribution in [1.29, 1.82) is 0 Å². The number of rotatable bonds is 8. The lowest BCUT2D eigenvalue weighted by Gasteiger charge is -2.33. The SMILES string of the molecule is CCN(CC)c1ccc(C2(Nc3ccccc3-c3ccc(NC(C)=O)cc3)OC(=O)c3cnccc32)cc1. The number of carbonyl (C=O) groups excluding carboxylic acids is 2. The van der Waals surface area contributed by atoms with Crippen molar-refractivity contribution in [2.75, 3.05) is 28.6 Å². The highest BCUT2D eigenvalue weighted by molar-refractivity contribution is 5.96. The third-order valence-corrected chi connectivity index (χ3v) is 6.82. The van der Waals surface area contributed by atoms with Gasteiger partial charge in [0, 0.05) is 66.2 Å². The van der Waals surface area contributed by atoms with Crippen LogP contribution >= 0.6 is 0 Å². The molecule has 1 atom stereocenters. The van der Waals surface area contributed by atoms with Crippen molar-refractivity contribution in [3.63, 3.8) is 0 Å². The number of para-hydroxylation sites is 1. The molecule has 2 heterocycles. The number of nitrogens with one attached hydrogen (secondary N) is 2. The van der Waals surface area contributed by atoms with Crippen LogP contribution in [0.25, 0.3) is 11.1 Å². The number of carbonyl (C=O) groups is 2. The Balaban J connectivity index is 1.59. The summed E-state index contributed by atoms with van der Waals surface area (Å²) in [4.78, 5) is 30.9. The topological polar surface area (TPSA) is 83.6 Å². The van der Waals surface area contributed by atoms with E-state index in [2.05, 4.69) is 46.5 Å². The van der Waals surface area contributed by atoms with E-state index in [4.69, 9.17) is 4.74 Å². The molecule has 0 saturated heterocycles. The Morgan fingerprint density at radius 2 is 1.63 bits per heavy atom. The van der Waals surface area contributed by atoms with Crippen LogP contribution in [0.15, 0.2) is 91.3 Å². The fourth-order valence-corrected chi connectivity index (χ4v) is 4.96. The number of ether oxygens (including phenoxy) is 1. The fourth-order valence-electron chi connectivity index (χ4n) is 4.96. The van der Waals surface area contributed by atoms with Gasteiger partial charge < -0.3 is 20.3 Å². The highest BCUT2D eigenvalue weighted by Gasteiger charge is 2.48. The number of benzene rings is 3. The van der Waals surface area contributed by atoms with E-state index in [1.54, 1.807) is 12.4 Å². The lowest BCUT2D eigenvalue weighted by Crippen LogP contribution is -2.37. The molecule has 3 aromatic carbocycles. The van der Waals surface area contributed by atoms with Crippen molar-refractivity contribution in [3.8, 4) is 11.1 Å². The molecule has 0 fully saturated rings. The summed E-state index contributed by atoms with van der Waals surface area (Å²) in [6, 6.07) is 25.5. The third kappa shape index (κ3) is 4.59. The van der Waals surface area contributed by atoms with E-state index in [1.807, 2.05) is 66.7 Å². The van der Waals surface area contributed by atoms with Crippen LogP contribution < -0.4 is 15.5 Å². The average molecular weight is 507 g/mol. The number of amides is 1. The first-order valence-corrected chi connectivity index (χ1v) is 12.7. The second-order valence-corrected chi connectivity index (χ2v) is 9.14. The highest BCUT2D eigenvalue weighted by atomic mass is 16.6. The minimum Gasteiger partial charge on any atom is -0.427 e. The molecule has 1 unspecified atom stereocenters. The summed E-state index contributed by atoms with van der Waals surface area (Å²) in [7, 11) is 0. The number of anilines is 3. The smallest absolute Gasteiger partial charge is 0.342 e. The lowest BCUT2D eigenvalue weighted by atomic mass is 9.92. The van der Waals surface area contributed by atoms with Crippen LogP contribution in [0.5, 0.6) is 0 Å². The summed E-state index contributed by atoms with van der Waals surface area (Å²) >= 11 is 0. The molecule has 0 aliphatic carbocycles. The van der Waals surface area contributed by atoms with Crippen LogP contribution in [-0.4, -0.2) is 29.9 Å². The summed E-state index contributed by atoms with van der Waals surface area (Å²) in [6.07, 6.45) is 3.23. The summed E-state index contributed by atoms with van der Waals surface area (Å²) < 4.78 is 6.17. The molecular weight excluding hydrogens is 476 g/mol. The predicted molar refractivity (Wildman–Crippen MR) is 150 cm³/mol. The summed E-state index contributed by atoms with van der Waals surface area (Å²) in [5.41, 5.74) is 5.23. The van der Waals surface area contributed by atoms with Crippen molar-refractivity contribution in [1.82, 2.24) is 4.98 Å². The van der Waals surface area contributed by atoms with E-state index >= 15 is 0 Å². The zero-order valence-corrected chi connectivity index (χ0v) is 21.7. The molecule has 7 heteroatoms. The van der Waals surface area contributed by atoms with Crippen molar-refractivity contribution in [2.45, 2.75) is 26.5 Å². The monoisotopic (exact) mass is 506 g/mol. The van der Waals surface area contributed by atoms with Gasteiger partial charge in [-0.1, -0.05) is 42.5 Å². The molecule has 0 bridgehead atoms. The summed E-state index contributed by atoms with van der Waals surface area (Å²) in [5, 5.41) is 6.39. The van der Waals surface area contributed by atoms with E-state index in [1.165, 1.54) is 6.92 Å². The van der Waals surface area contributed by atoms with Crippen molar-refractivity contribution < 1.29 is 14.3 Å². The quantitative estimate of drug-likeness (QED) is 0.284. The Kier molecular flexibility index (Phi) is 6.83. The highest BCUT2D eigenvalue weighted by Crippen LogP contribution is 2.44. The molecule has 4 aromatic rings. The van der Waals surface area contributed by atoms with Gasteiger partial charge in [0.05, 0.1) is 5.56 Å². The van der Waals surface area contributed by atoms with E-state index in [9.17, 15) is 9.59 Å². The van der Waals surface area contributed by atoms with Crippen LogP contribution in [0.3, 0.4) is 0 Å². The lowest BCUT2D eigenvalue weighted by molar-refractivity contribution is -0.114. The molecule has 1 aromatic heterocycles. The molecule has 1 amide bonds. The second-order valence-electron chi connectivity index (χ2n) is 9.14. The molecule has 1 aliphatic heterocycles. The first-order valence-electron chi connectivity index (χ1n) is 12.7. The number of aromatic nitrogens is 1. The number of esters is 1. The fraction of sp³-hybridized carbons (Fsp3) is 0.194. The largest absolute Gasteiger partial charge is 0.427 e. The minimum atomic E-state index is -1.23. The number of hydrogen-bond donors (Lipinski definition) is 2. The van der Waals surface area contributed by atoms with Crippen LogP contribution in [-0.2, 0) is 15.3 Å². The van der Waals surface area contributed by atoms with Crippen molar-refractivity contribution in [3.05, 3.63) is 108 Å². The number of hydrogen-bond acceptors (Lipinski definition) is 6. The molecule has 0 radical (unpaired) electrons. The molecule has 2 N–H and O–H groups in total. The van der Waals surface area contributed by atoms with Gasteiger partial charge in [-0.05, 0) is 55.8 Å². The Morgan fingerprint density at radius 1 is 0.921 bits per heavy atom. The Labute approximate surface area is 222 Å². The first-order chi connectivity index (χ1) is 18.4. The maximum atomic E-state index is 13.0. The van der Waals surface area contributed by atoms with E-state index < -0.39 is 11.7 Å². The molecule has 7 nitrogen and oxygen atoms in total. The van der Waals surface area contributed by atoms with E-state index in [0.29, 0.717) is 11.1 Å². The Bertz CT molecular complexity index is 1460. The van der Waals surface area contributed by atoms with Crippen molar-refractivity contribution in [2.24, 2.45) is 0 Å². The first kappa shape index (κ1) is 25.0. The van der Waals surface area contributed by atoms with Gasteiger partial charge >= 0.3 is 5.97 Å². The number of fused-ring (bicyclic) bond motifs is 1. The Morgan fingerprint density at radius 3 is 2.32 bits per heavy atom. The van der Waals surface area contributed by atoms with Gasteiger partial charge in [0.25, 0.3) is 0 Å².